The summed E-state index contributed by atoms with van der Waals surface area (Å²) in [7, 11) is 0. The number of carbonyl (C=O) groups is 1. The number of thiophene rings is 1. The quantitative estimate of drug-likeness (QED) is 0.676. The second kappa shape index (κ2) is 8.19. The van der Waals surface area contributed by atoms with Gasteiger partial charge in [-0.3, -0.25) is 4.79 Å². The van der Waals surface area contributed by atoms with Crippen LogP contribution in [0.3, 0.4) is 0 Å². The van der Waals surface area contributed by atoms with E-state index in [1.807, 2.05) is 46.8 Å². The van der Waals surface area contributed by atoms with Crippen LogP contribution in [-0.2, 0) is 0 Å². The molecule has 5 nitrogen and oxygen atoms in total. The Bertz CT molecular complexity index is 968. The van der Waals surface area contributed by atoms with Gasteiger partial charge in [0.05, 0.1) is 21.3 Å². The number of hydrogen-bond donors (Lipinski definition) is 1. The number of halogens is 2. The van der Waals surface area contributed by atoms with Crippen LogP contribution in [0.15, 0.2) is 30.3 Å². The second-order valence-electron chi connectivity index (χ2n) is 6.66. The molecule has 1 amide bonds. The van der Waals surface area contributed by atoms with Crippen molar-refractivity contribution < 1.29 is 4.79 Å². The molecule has 0 spiro atoms. The topological polar surface area (TPSA) is 64.2 Å². The highest BCUT2D eigenvalue weighted by Gasteiger charge is 2.28. The van der Waals surface area contributed by atoms with Crippen LogP contribution in [0.4, 0.5) is 0 Å². The first-order chi connectivity index (χ1) is 12.6. The second-order valence-corrected chi connectivity index (χ2v) is 8.10. The predicted molar refractivity (Wildman–Crippen MR) is 114 cm³/mol. The Kier molecular flexibility index (Phi) is 6.11. The van der Waals surface area contributed by atoms with Gasteiger partial charge in [-0.1, -0.05) is 23.7 Å². The lowest BCUT2D eigenvalue weighted by molar-refractivity contribution is 0.0628. The van der Waals surface area contributed by atoms with Crippen molar-refractivity contribution in [2.75, 3.05) is 13.1 Å². The Hall–Kier alpha value is -1.60. The fraction of sp³-hybridized carbons (Fsp3) is 0.368. The maximum absolute atomic E-state index is 13.1. The molecule has 1 unspecified atom stereocenters. The van der Waals surface area contributed by atoms with Gasteiger partial charge in [-0.05, 0) is 44.4 Å². The molecule has 0 bridgehead atoms. The maximum atomic E-state index is 13.1. The van der Waals surface area contributed by atoms with Gasteiger partial charge in [-0.15, -0.1) is 23.7 Å². The first-order valence-electron chi connectivity index (χ1n) is 8.85. The third-order valence-corrected chi connectivity index (χ3v) is 6.41. The summed E-state index contributed by atoms with van der Waals surface area (Å²) >= 11 is 7.82. The first-order valence-corrected chi connectivity index (χ1v) is 10.0. The fourth-order valence-corrected chi connectivity index (χ4v) is 4.94. The number of piperidine rings is 1. The van der Waals surface area contributed by atoms with Crippen molar-refractivity contribution in [1.29, 1.82) is 0 Å². The lowest BCUT2D eigenvalue weighted by atomic mass is 10.0. The van der Waals surface area contributed by atoms with Gasteiger partial charge in [-0.25, -0.2) is 4.68 Å². The van der Waals surface area contributed by atoms with E-state index in [-0.39, 0.29) is 24.4 Å². The molecule has 2 aromatic heterocycles. The van der Waals surface area contributed by atoms with E-state index in [0.717, 1.165) is 52.3 Å². The van der Waals surface area contributed by atoms with Crippen molar-refractivity contribution >= 4 is 51.5 Å². The van der Waals surface area contributed by atoms with E-state index in [2.05, 4.69) is 5.10 Å². The van der Waals surface area contributed by atoms with Gasteiger partial charge in [0.15, 0.2) is 0 Å². The summed E-state index contributed by atoms with van der Waals surface area (Å²) in [5, 5.41) is 6.26. The average molecular weight is 425 g/mol. The normalized spacial score (nSPS) is 17.1. The molecule has 1 aliphatic heterocycles. The Balaban J connectivity index is 0.00000210. The van der Waals surface area contributed by atoms with Gasteiger partial charge < -0.3 is 10.6 Å². The average Bonchev–Trinajstić information content (AvgIpc) is 3.22. The van der Waals surface area contributed by atoms with E-state index in [0.29, 0.717) is 11.6 Å². The number of likely N-dealkylation sites (tertiary alicyclic amines) is 1. The third kappa shape index (κ3) is 3.59. The number of aromatic nitrogens is 2. The van der Waals surface area contributed by atoms with Gasteiger partial charge >= 0.3 is 0 Å². The zero-order chi connectivity index (χ0) is 18.3. The van der Waals surface area contributed by atoms with E-state index < -0.39 is 0 Å². The molecular formula is C19H22Cl2N4OS. The minimum absolute atomic E-state index is 0. The van der Waals surface area contributed by atoms with Crippen LogP contribution in [0.2, 0.25) is 5.02 Å². The summed E-state index contributed by atoms with van der Waals surface area (Å²) in [6.07, 6.45) is 3.16. The zero-order valence-corrected chi connectivity index (χ0v) is 17.4. The summed E-state index contributed by atoms with van der Waals surface area (Å²) in [6, 6.07) is 9.71. The van der Waals surface area contributed by atoms with E-state index in [9.17, 15) is 4.79 Å². The van der Waals surface area contributed by atoms with Gasteiger partial charge in [0.2, 0.25) is 0 Å². The Labute approximate surface area is 173 Å². The maximum Gasteiger partial charge on any atom is 0.264 e. The summed E-state index contributed by atoms with van der Waals surface area (Å²) < 4.78 is 1.84. The molecule has 2 N–H and O–H groups in total. The van der Waals surface area contributed by atoms with Crippen molar-refractivity contribution in [3.8, 4) is 5.69 Å². The SMILES string of the molecule is Cc1nn(-c2ccccc2Cl)c2sc(C(=O)N3CCCCC3CN)cc12.Cl. The lowest BCUT2D eigenvalue weighted by Gasteiger charge is -2.34. The highest BCUT2D eigenvalue weighted by atomic mass is 35.5. The van der Waals surface area contributed by atoms with Gasteiger partial charge in [0.25, 0.3) is 5.91 Å². The Morgan fingerprint density at radius 1 is 1.37 bits per heavy atom. The van der Waals surface area contributed by atoms with Crippen LogP contribution in [0.1, 0.15) is 34.6 Å². The van der Waals surface area contributed by atoms with Gasteiger partial charge in [-0.2, -0.15) is 5.10 Å². The number of para-hydroxylation sites is 1. The number of nitrogens with zero attached hydrogens (tertiary/aromatic N) is 3. The summed E-state index contributed by atoms with van der Waals surface area (Å²) in [5.41, 5.74) is 7.60. The molecular weight excluding hydrogens is 403 g/mol. The molecule has 3 heterocycles. The van der Waals surface area contributed by atoms with E-state index in [1.54, 1.807) is 0 Å². The van der Waals surface area contributed by atoms with Crippen LogP contribution in [-0.4, -0.2) is 39.7 Å². The molecule has 144 valence electrons. The number of nitrogens with two attached hydrogens (primary N) is 1. The molecule has 27 heavy (non-hydrogen) atoms. The number of amides is 1. The number of aryl methyl sites for hydroxylation is 1. The van der Waals surface area contributed by atoms with E-state index in [4.69, 9.17) is 17.3 Å². The molecule has 4 rings (SSSR count). The minimum Gasteiger partial charge on any atom is -0.334 e. The molecule has 8 heteroatoms. The molecule has 0 radical (unpaired) electrons. The summed E-state index contributed by atoms with van der Waals surface area (Å²) in [4.78, 5) is 16.7. The molecule has 1 fully saturated rings. The summed E-state index contributed by atoms with van der Waals surface area (Å²) in [5.74, 6) is 0.0754. The largest absolute Gasteiger partial charge is 0.334 e. The highest BCUT2D eigenvalue weighted by Crippen LogP contribution is 2.33. The molecule has 0 saturated carbocycles. The molecule has 1 atom stereocenters. The van der Waals surface area contributed by atoms with E-state index >= 15 is 0 Å². The van der Waals surface area contributed by atoms with Gasteiger partial charge in [0.1, 0.15) is 4.83 Å². The monoisotopic (exact) mass is 424 g/mol. The zero-order valence-electron chi connectivity index (χ0n) is 15.0. The van der Waals surface area contributed by atoms with Gasteiger partial charge in [0, 0.05) is 24.5 Å². The number of carbonyl (C=O) groups excluding carboxylic acids is 1. The summed E-state index contributed by atoms with van der Waals surface area (Å²) in [6.45, 7) is 3.26. The predicted octanol–water partition coefficient (Wildman–Crippen LogP) is 4.42. The van der Waals surface area contributed by atoms with Crippen molar-refractivity contribution in [2.24, 2.45) is 5.73 Å². The van der Waals surface area contributed by atoms with Crippen molar-refractivity contribution in [1.82, 2.24) is 14.7 Å². The molecule has 0 aliphatic carbocycles. The molecule has 1 aliphatic rings. The highest BCUT2D eigenvalue weighted by molar-refractivity contribution is 7.20. The number of hydrogen-bond acceptors (Lipinski definition) is 4. The van der Waals surface area contributed by atoms with Crippen molar-refractivity contribution in [3.05, 3.63) is 45.9 Å². The number of fused-ring (bicyclic) bond motifs is 1. The minimum atomic E-state index is 0. The standard InChI is InChI=1S/C19H21ClN4OS.ClH/c1-12-14-10-17(18(25)23-9-5-4-6-13(23)11-21)26-19(14)24(22-12)16-8-3-2-7-15(16)20;/h2-3,7-8,10,13H,4-6,9,11,21H2,1H3;1H. The van der Waals surface area contributed by atoms with Crippen LogP contribution < -0.4 is 5.73 Å². The molecule has 1 saturated heterocycles. The number of rotatable bonds is 3. The fourth-order valence-electron chi connectivity index (χ4n) is 3.59. The van der Waals surface area contributed by atoms with Crippen molar-refractivity contribution in [3.63, 3.8) is 0 Å². The van der Waals surface area contributed by atoms with Crippen LogP contribution in [0, 0.1) is 6.92 Å². The van der Waals surface area contributed by atoms with Crippen molar-refractivity contribution in [2.45, 2.75) is 32.2 Å². The molecule has 1 aromatic carbocycles. The van der Waals surface area contributed by atoms with Crippen LogP contribution in [0.25, 0.3) is 15.9 Å². The van der Waals surface area contributed by atoms with Crippen LogP contribution in [0.5, 0.6) is 0 Å². The lowest BCUT2D eigenvalue weighted by Crippen LogP contribution is -2.47. The third-order valence-electron chi connectivity index (χ3n) is 5.00. The molecule has 3 aromatic rings. The Morgan fingerprint density at radius 3 is 2.89 bits per heavy atom. The number of benzene rings is 1. The smallest absolute Gasteiger partial charge is 0.264 e. The first kappa shape index (κ1) is 20.1. The van der Waals surface area contributed by atoms with Crippen LogP contribution >= 0.6 is 35.3 Å². The van der Waals surface area contributed by atoms with E-state index in [1.165, 1.54) is 11.3 Å². The Morgan fingerprint density at radius 2 is 2.15 bits per heavy atom.